The maximum atomic E-state index is 9.12. The molecule has 4 aromatic carbocycles. The van der Waals surface area contributed by atoms with Crippen molar-refractivity contribution in [2.75, 3.05) is 0 Å². The van der Waals surface area contributed by atoms with Gasteiger partial charge in [0.05, 0.1) is 11.0 Å². The molecule has 4 nitrogen and oxygen atoms in total. The summed E-state index contributed by atoms with van der Waals surface area (Å²) in [6.07, 6.45) is 0. The van der Waals surface area contributed by atoms with Gasteiger partial charge in [-0.25, -0.2) is 0 Å². The van der Waals surface area contributed by atoms with Gasteiger partial charge in [-0.3, -0.25) is 0 Å². The minimum absolute atomic E-state index is 0.483. The third-order valence-electron chi connectivity index (χ3n) is 5.46. The number of furan rings is 1. The van der Waals surface area contributed by atoms with E-state index >= 15 is 0 Å². The van der Waals surface area contributed by atoms with Crippen molar-refractivity contribution in [3.8, 4) is 11.4 Å². The monoisotopic (exact) mass is 376 g/mol. The Morgan fingerprint density at radius 1 is 0.690 bits per heavy atom. The summed E-state index contributed by atoms with van der Waals surface area (Å²) in [6.45, 7) is 0. The summed E-state index contributed by atoms with van der Waals surface area (Å²) in [5.74, 6) is 0.483. The molecule has 0 bridgehead atoms. The van der Waals surface area contributed by atoms with Crippen molar-refractivity contribution in [1.29, 1.82) is 0 Å². The second kappa shape index (κ2) is 6.16. The van der Waals surface area contributed by atoms with Crippen molar-refractivity contribution in [3.63, 3.8) is 0 Å². The second-order valence-electron chi connectivity index (χ2n) is 6.98. The Morgan fingerprint density at radius 2 is 1.41 bits per heavy atom. The molecule has 0 atom stereocenters. The number of fused-ring (bicyclic) bond motifs is 7. The maximum absolute atomic E-state index is 9.12. The summed E-state index contributed by atoms with van der Waals surface area (Å²) in [6, 6.07) is 28.6. The van der Waals surface area contributed by atoms with Crippen LogP contribution in [0.4, 0.5) is 0 Å². The molecular formula is C24H15BNO3. The SMILES string of the molecule is O[B]Oc1cccc2c1oc1c2ccc2c3ccccc3n(-c3ccccc3)c21. The molecule has 5 heteroatoms. The summed E-state index contributed by atoms with van der Waals surface area (Å²) in [4.78, 5) is 0. The Hall–Kier alpha value is -3.70. The Labute approximate surface area is 166 Å². The number of nitrogens with zero attached hydrogens (tertiary/aromatic N) is 1. The number of hydrogen-bond donors (Lipinski definition) is 1. The lowest BCUT2D eigenvalue weighted by molar-refractivity contribution is 0.451. The molecule has 0 amide bonds. The Kier molecular flexibility index (Phi) is 3.46. The molecule has 0 aliphatic rings. The third kappa shape index (κ3) is 2.25. The predicted octanol–water partition coefficient (Wildman–Crippen LogP) is 5.59. The van der Waals surface area contributed by atoms with Crippen LogP contribution < -0.4 is 4.65 Å². The fraction of sp³-hybridized carbons (Fsp3) is 0. The van der Waals surface area contributed by atoms with Gasteiger partial charge in [0.2, 0.25) is 0 Å². The van der Waals surface area contributed by atoms with E-state index in [4.69, 9.17) is 14.1 Å². The topological polar surface area (TPSA) is 47.5 Å². The fourth-order valence-electron chi connectivity index (χ4n) is 4.27. The summed E-state index contributed by atoms with van der Waals surface area (Å²) in [5.41, 5.74) is 4.63. The van der Waals surface area contributed by atoms with Crippen LogP contribution in [0.5, 0.6) is 5.75 Å². The number of para-hydroxylation sites is 3. The highest BCUT2D eigenvalue weighted by Crippen LogP contribution is 2.41. The normalized spacial score (nSPS) is 11.6. The van der Waals surface area contributed by atoms with Crippen LogP contribution in [0.2, 0.25) is 0 Å². The zero-order chi connectivity index (χ0) is 19.4. The molecule has 0 saturated heterocycles. The summed E-state index contributed by atoms with van der Waals surface area (Å²) in [5, 5.41) is 13.4. The van der Waals surface area contributed by atoms with Crippen LogP contribution in [0.25, 0.3) is 49.4 Å². The zero-order valence-electron chi connectivity index (χ0n) is 15.4. The lowest BCUT2D eigenvalue weighted by Gasteiger charge is -2.07. The molecule has 0 aliphatic heterocycles. The van der Waals surface area contributed by atoms with Gasteiger partial charge in [0.15, 0.2) is 11.2 Å². The summed E-state index contributed by atoms with van der Waals surface area (Å²) >= 11 is 0. The van der Waals surface area contributed by atoms with E-state index in [0.29, 0.717) is 19.0 Å². The van der Waals surface area contributed by atoms with Crippen molar-refractivity contribution < 1.29 is 14.1 Å². The lowest BCUT2D eigenvalue weighted by Crippen LogP contribution is -1.99. The maximum Gasteiger partial charge on any atom is 0.569 e. The summed E-state index contributed by atoms with van der Waals surface area (Å²) in [7, 11) is 0.679. The first kappa shape index (κ1) is 16.3. The van der Waals surface area contributed by atoms with Crippen LogP contribution in [0.3, 0.4) is 0 Å². The van der Waals surface area contributed by atoms with Crippen molar-refractivity contribution in [3.05, 3.63) is 84.9 Å². The number of rotatable bonds is 3. The van der Waals surface area contributed by atoms with Gasteiger partial charge in [0.1, 0.15) is 5.75 Å². The highest BCUT2D eigenvalue weighted by atomic mass is 16.5. The molecule has 0 spiro atoms. The van der Waals surface area contributed by atoms with Crippen molar-refractivity contribution in [2.45, 2.75) is 0 Å². The quantitative estimate of drug-likeness (QED) is 0.410. The molecule has 0 unspecified atom stereocenters. The highest BCUT2D eigenvalue weighted by Gasteiger charge is 2.19. The Bertz CT molecular complexity index is 1520. The molecule has 0 fully saturated rings. The van der Waals surface area contributed by atoms with Gasteiger partial charge in [0, 0.05) is 27.2 Å². The largest absolute Gasteiger partial charge is 0.569 e. The molecule has 1 N–H and O–H groups in total. The zero-order valence-corrected chi connectivity index (χ0v) is 15.4. The fourth-order valence-corrected chi connectivity index (χ4v) is 4.27. The molecule has 29 heavy (non-hydrogen) atoms. The first-order valence-electron chi connectivity index (χ1n) is 9.42. The van der Waals surface area contributed by atoms with E-state index in [-0.39, 0.29) is 0 Å². The first-order chi connectivity index (χ1) is 14.4. The van der Waals surface area contributed by atoms with Gasteiger partial charge in [-0.15, -0.1) is 0 Å². The standard InChI is InChI=1S/C24H15BNO3/c27-25-29-21-12-6-10-18-19-14-13-17-16-9-4-5-11-20(16)26(15-7-2-1-3-8-15)22(17)24(19)28-23(18)21/h1-14,27H. The minimum atomic E-state index is 0.483. The van der Waals surface area contributed by atoms with Crippen LogP contribution in [0.15, 0.2) is 89.3 Å². The molecule has 2 aromatic heterocycles. The average molecular weight is 376 g/mol. The van der Waals surface area contributed by atoms with E-state index in [0.717, 1.165) is 38.5 Å². The van der Waals surface area contributed by atoms with Crippen LogP contribution >= 0.6 is 0 Å². The van der Waals surface area contributed by atoms with Gasteiger partial charge in [-0.1, -0.05) is 54.6 Å². The first-order valence-corrected chi connectivity index (χ1v) is 9.42. The molecule has 6 rings (SSSR count). The Balaban J connectivity index is 1.85. The molecular weight excluding hydrogens is 361 g/mol. The van der Waals surface area contributed by atoms with Crippen molar-refractivity contribution >= 4 is 51.4 Å². The van der Waals surface area contributed by atoms with Crippen molar-refractivity contribution in [1.82, 2.24) is 4.57 Å². The van der Waals surface area contributed by atoms with Crippen LogP contribution in [-0.2, 0) is 0 Å². The number of benzene rings is 4. The van der Waals surface area contributed by atoms with Crippen LogP contribution in [0, 0.1) is 0 Å². The molecule has 6 aromatic rings. The van der Waals surface area contributed by atoms with E-state index in [1.165, 1.54) is 5.39 Å². The highest BCUT2D eigenvalue weighted by molar-refractivity contribution is 6.22. The molecule has 2 heterocycles. The number of hydrogen-bond acceptors (Lipinski definition) is 3. The smallest absolute Gasteiger partial charge is 0.535 e. The third-order valence-corrected chi connectivity index (χ3v) is 5.46. The second-order valence-corrected chi connectivity index (χ2v) is 6.98. The molecule has 1 radical (unpaired) electrons. The summed E-state index contributed by atoms with van der Waals surface area (Å²) < 4.78 is 13.9. The van der Waals surface area contributed by atoms with Crippen molar-refractivity contribution in [2.24, 2.45) is 0 Å². The van der Waals surface area contributed by atoms with Gasteiger partial charge >= 0.3 is 7.69 Å². The van der Waals surface area contributed by atoms with E-state index in [1.54, 1.807) is 6.07 Å². The van der Waals surface area contributed by atoms with E-state index in [9.17, 15) is 0 Å². The van der Waals surface area contributed by atoms with Crippen LogP contribution in [-0.4, -0.2) is 17.3 Å². The van der Waals surface area contributed by atoms with E-state index in [1.807, 2.05) is 30.3 Å². The molecule has 137 valence electrons. The van der Waals surface area contributed by atoms with E-state index in [2.05, 4.69) is 53.1 Å². The number of aromatic nitrogens is 1. The van der Waals surface area contributed by atoms with Gasteiger partial charge < -0.3 is 18.7 Å². The van der Waals surface area contributed by atoms with E-state index < -0.39 is 0 Å². The van der Waals surface area contributed by atoms with Gasteiger partial charge in [-0.05, 0) is 30.3 Å². The van der Waals surface area contributed by atoms with Crippen LogP contribution in [0.1, 0.15) is 0 Å². The molecule has 0 saturated carbocycles. The van der Waals surface area contributed by atoms with Gasteiger partial charge in [-0.2, -0.15) is 0 Å². The lowest BCUT2D eigenvalue weighted by atomic mass is 10.1. The molecule has 0 aliphatic carbocycles. The average Bonchev–Trinajstić information content (AvgIpc) is 3.31. The van der Waals surface area contributed by atoms with Gasteiger partial charge in [0.25, 0.3) is 0 Å². The Morgan fingerprint density at radius 3 is 2.28 bits per heavy atom. The minimum Gasteiger partial charge on any atom is -0.535 e. The predicted molar refractivity (Wildman–Crippen MR) is 117 cm³/mol.